The first kappa shape index (κ1) is 10.7. The summed E-state index contributed by atoms with van der Waals surface area (Å²) in [6, 6.07) is 2.64. The molecular weight excluding hydrogens is 210 g/mol. The van der Waals surface area contributed by atoms with Gasteiger partial charge in [-0.2, -0.15) is 0 Å². The maximum atomic E-state index is 11.8. The van der Waals surface area contributed by atoms with Crippen LogP contribution in [0.5, 0.6) is 0 Å². The molecule has 0 atom stereocenters. The lowest BCUT2D eigenvalue weighted by Crippen LogP contribution is -2.03. The van der Waals surface area contributed by atoms with E-state index in [0.29, 0.717) is 18.3 Å². The summed E-state index contributed by atoms with van der Waals surface area (Å²) in [5.41, 5.74) is 3.18. The smallest absolute Gasteiger partial charge is 0.165 e. The monoisotopic (exact) mass is 225 g/mol. The number of aryl methyl sites for hydroxylation is 1. The molecule has 1 saturated carbocycles. The fourth-order valence-corrected chi connectivity index (χ4v) is 2.35. The quantitative estimate of drug-likeness (QED) is 0.570. The van der Waals surface area contributed by atoms with Gasteiger partial charge in [-0.3, -0.25) is 4.79 Å². The molecule has 3 heteroatoms. The fraction of sp³-hybridized carbons (Fsp3) is 0.583. The van der Waals surface area contributed by atoms with Crippen LogP contribution in [0.3, 0.4) is 0 Å². The first-order valence-corrected chi connectivity index (χ1v) is 5.96. The van der Waals surface area contributed by atoms with Crippen LogP contribution in [0.25, 0.3) is 0 Å². The van der Waals surface area contributed by atoms with E-state index in [1.165, 1.54) is 18.5 Å². The Morgan fingerprint density at radius 1 is 1.53 bits per heavy atom. The summed E-state index contributed by atoms with van der Waals surface area (Å²) in [6.45, 7) is 4.11. The van der Waals surface area contributed by atoms with Crippen LogP contribution in [0.4, 0.5) is 0 Å². The number of nitrogens with zero attached hydrogens (tertiary/aromatic N) is 1. The van der Waals surface area contributed by atoms with Gasteiger partial charge in [0.05, 0.1) is 0 Å². The van der Waals surface area contributed by atoms with Crippen molar-refractivity contribution in [3.8, 4) is 0 Å². The summed E-state index contributed by atoms with van der Waals surface area (Å²) < 4.78 is 2.29. The Labute approximate surface area is 95.2 Å². The van der Waals surface area contributed by atoms with E-state index in [0.717, 1.165) is 11.3 Å². The first-order chi connectivity index (χ1) is 7.15. The SMILES string of the molecule is Cc1cc(C(=O)CCCl)c(C)n1C1CC1. The molecule has 1 aliphatic rings. The van der Waals surface area contributed by atoms with Crippen LogP contribution in [0, 0.1) is 13.8 Å². The van der Waals surface area contributed by atoms with Crippen molar-refractivity contribution in [1.82, 2.24) is 4.57 Å². The molecule has 2 rings (SSSR count). The lowest BCUT2D eigenvalue weighted by atomic mass is 10.1. The van der Waals surface area contributed by atoms with Crippen LogP contribution in [0.1, 0.15) is 47.1 Å². The Morgan fingerprint density at radius 2 is 2.20 bits per heavy atom. The molecule has 82 valence electrons. The molecule has 0 aliphatic heterocycles. The predicted molar refractivity (Wildman–Crippen MR) is 61.8 cm³/mol. The molecule has 0 unspecified atom stereocenters. The summed E-state index contributed by atoms with van der Waals surface area (Å²) in [6.07, 6.45) is 2.94. The zero-order chi connectivity index (χ0) is 11.0. The minimum Gasteiger partial charge on any atom is -0.345 e. The van der Waals surface area contributed by atoms with Crippen molar-refractivity contribution in [3.63, 3.8) is 0 Å². The number of hydrogen-bond acceptors (Lipinski definition) is 1. The average molecular weight is 226 g/mol. The van der Waals surface area contributed by atoms with E-state index in [4.69, 9.17) is 11.6 Å². The van der Waals surface area contributed by atoms with E-state index in [9.17, 15) is 4.79 Å². The van der Waals surface area contributed by atoms with E-state index in [1.54, 1.807) is 0 Å². The minimum absolute atomic E-state index is 0.171. The van der Waals surface area contributed by atoms with Gasteiger partial charge in [-0.25, -0.2) is 0 Å². The van der Waals surface area contributed by atoms with Gasteiger partial charge in [-0.15, -0.1) is 11.6 Å². The van der Waals surface area contributed by atoms with Gasteiger partial charge in [-0.1, -0.05) is 0 Å². The molecule has 0 amide bonds. The molecule has 1 aromatic heterocycles. The molecule has 0 N–H and O–H groups in total. The Bertz CT molecular complexity index is 391. The maximum Gasteiger partial charge on any atom is 0.165 e. The minimum atomic E-state index is 0.171. The van der Waals surface area contributed by atoms with E-state index in [-0.39, 0.29) is 5.78 Å². The van der Waals surface area contributed by atoms with E-state index in [2.05, 4.69) is 11.5 Å². The van der Waals surface area contributed by atoms with Crippen LogP contribution in [-0.2, 0) is 0 Å². The number of hydrogen-bond donors (Lipinski definition) is 0. The second kappa shape index (κ2) is 4.01. The molecule has 1 aromatic rings. The van der Waals surface area contributed by atoms with Crippen molar-refractivity contribution in [2.45, 2.75) is 39.2 Å². The second-order valence-electron chi connectivity index (χ2n) is 4.25. The normalized spacial score (nSPS) is 15.7. The summed E-state index contributed by atoms with van der Waals surface area (Å²) in [7, 11) is 0. The second-order valence-corrected chi connectivity index (χ2v) is 4.63. The zero-order valence-corrected chi connectivity index (χ0v) is 9.97. The fourth-order valence-electron chi connectivity index (χ4n) is 2.17. The summed E-state index contributed by atoms with van der Waals surface area (Å²) in [4.78, 5) is 11.8. The molecule has 1 aliphatic carbocycles. The van der Waals surface area contributed by atoms with E-state index in [1.807, 2.05) is 13.0 Å². The van der Waals surface area contributed by atoms with Gasteiger partial charge in [0, 0.05) is 35.3 Å². The van der Waals surface area contributed by atoms with Crippen molar-refractivity contribution < 1.29 is 4.79 Å². The molecule has 0 radical (unpaired) electrons. The van der Waals surface area contributed by atoms with Gasteiger partial charge in [0.25, 0.3) is 0 Å². The zero-order valence-electron chi connectivity index (χ0n) is 9.22. The average Bonchev–Trinajstić information content (AvgIpc) is 2.95. The van der Waals surface area contributed by atoms with Crippen LogP contribution in [0.2, 0.25) is 0 Å². The van der Waals surface area contributed by atoms with Gasteiger partial charge >= 0.3 is 0 Å². The number of alkyl halides is 1. The molecule has 0 saturated heterocycles. The number of aromatic nitrogens is 1. The van der Waals surface area contributed by atoms with Gasteiger partial charge in [0.15, 0.2) is 5.78 Å². The third kappa shape index (κ3) is 1.96. The van der Waals surface area contributed by atoms with Gasteiger partial charge in [0.2, 0.25) is 0 Å². The van der Waals surface area contributed by atoms with Crippen molar-refractivity contribution >= 4 is 17.4 Å². The highest BCUT2D eigenvalue weighted by Gasteiger charge is 2.27. The Balaban J connectivity index is 2.32. The Hall–Kier alpha value is -0.760. The van der Waals surface area contributed by atoms with Gasteiger partial charge < -0.3 is 4.57 Å². The van der Waals surface area contributed by atoms with Crippen LogP contribution >= 0.6 is 11.6 Å². The topological polar surface area (TPSA) is 22.0 Å². The number of halogens is 1. The maximum absolute atomic E-state index is 11.8. The molecule has 2 nitrogen and oxygen atoms in total. The predicted octanol–water partition coefficient (Wildman–Crippen LogP) is 3.25. The molecule has 0 aromatic carbocycles. The van der Waals surface area contributed by atoms with Crippen LogP contribution in [0.15, 0.2) is 6.07 Å². The summed E-state index contributed by atoms with van der Waals surface area (Å²) in [5, 5.41) is 0. The van der Waals surface area contributed by atoms with Crippen molar-refractivity contribution in [2.24, 2.45) is 0 Å². The Morgan fingerprint density at radius 3 is 2.73 bits per heavy atom. The van der Waals surface area contributed by atoms with Crippen LogP contribution in [-0.4, -0.2) is 16.2 Å². The molecular formula is C12H16ClNO. The number of Topliss-reactive ketones (excluding diaryl/α,β-unsaturated/α-hetero) is 1. The summed E-state index contributed by atoms with van der Waals surface area (Å²) >= 11 is 5.59. The lowest BCUT2D eigenvalue weighted by Gasteiger charge is -2.07. The highest BCUT2D eigenvalue weighted by Crippen LogP contribution is 2.38. The molecule has 1 heterocycles. The Kier molecular flexibility index (Phi) is 2.87. The number of rotatable bonds is 4. The first-order valence-electron chi connectivity index (χ1n) is 5.42. The molecule has 0 spiro atoms. The largest absolute Gasteiger partial charge is 0.345 e. The van der Waals surface area contributed by atoms with E-state index < -0.39 is 0 Å². The number of ketones is 1. The number of carbonyl (C=O) groups excluding carboxylic acids is 1. The third-order valence-corrected chi connectivity index (χ3v) is 3.21. The van der Waals surface area contributed by atoms with Gasteiger partial charge in [-0.05, 0) is 32.8 Å². The van der Waals surface area contributed by atoms with E-state index >= 15 is 0 Å². The lowest BCUT2D eigenvalue weighted by molar-refractivity contribution is 0.0988. The van der Waals surface area contributed by atoms with Crippen molar-refractivity contribution in [1.29, 1.82) is 0 Å². The van der Waals surface area contributed by atoms with Gasteiger partial charge in [0.1, 0.15) is 0 Å². The van der Waals surface area contributed by atoms with Crippen molar-refractivity contribution in [3.05, 3.63) is 23.0 Å². The van der Waals surface area contributed by atoms with Crippen LogP contribution < -0.4 is 0 Å². The molecule has 1 fully saturated rings. The highest BCUT2D eigenvalue weighted by molar-refractivity contribution is 6.19. The van der Waals surface area contributed by atoms with Crippen molar-refractivity contribution in [2.75, 3.05) is 5.88 Å². The highest BCUT2D eigenvalue weighted by atomic mass is 35.5. The summed E-state index contributed by atoms with van der Waals surface area (Å²) in [5.74, 6) is 0.580. The molecule has 0 bridgehead atoms. The third-order valence-electron chi connectivity index (χ3n) is 3.02. The standard InChI is InChI=1S/C12H16ClNO/c1-8-7-11(12(15)5-6-13)9(2)14(8)10-3-4-10/h7,10H,3-6H2,1-2H3. The number of carbonyl (C=O) groups is 1. The molecule has 15 heavy (non-hydrogen) atoms.